The Morgan fingerprint density at radius 2 is 2.13 bits per heavy atom. The maximum absolute atomic E-state index is 11.8. The number of alkyl halides is 3. The second-order valence-electron chi connectivity index (χ2n) is 3.04. The molecule has 0 aliphatic heterocycles. The van der Waals surface area contributed by atoms with Crippen LogP contribution in [0.15, 0.2) is 0 Å². The molecular weight excluding hydrogens is 211 g/mol. The average Bonchev–Trinajstić information content (AvgIpc) is 2.08. The fourth-order valence-electron chi connectivity index (χ4n) is 0.887. The van der Waals surface area contributed by atoms with Gasteiger partial charge in [0.05, 0.1) is 19.0 Å². The Bertz CT molecular complexity index is 246. The molecule has 0 aliphatic rings. The van der Waals surface area contributed by atoms with E-state index in [2.05, 4.69) is 10.6 Å². The molecule has 0 saturated heterocycles. The number of hydrogen-bond acceptors (Lipinski definition) is 3. The standard InChI is InChI=1S/C8H12F3N3O/c1-6(4-8(9,10)11)14-5-7(15)13-3-2-12/h6,14H,3-5H2,1H3,(H,13,15). The maximum Gasteiger partial charge on any atom is 0.390 e. The van der Waals surface area contributed by atoms with Crippen molar-refractivity contribution in [3.8, 4) is 6.07 Å². The van der Waals surface area contributed by atoms with Crippen LogP contribution >= 0.6 is 0 Å². The van der Waals surface area contributed by atoms with E-state index in [1.54, 1.807) is 6.07 Å². The highest BCUT2D eigenvalue weighted by molar-refractivity contribution is 5.78. The molecule has 1 atom stereocenters. The molecule has 0 fully saturated rings. The summed E-state index contributed by atoms with van der Waals surface area (Å²) in [5.41, 5.74) is 0. The van der Waals surface area contributed by atoms with Gasteiger partial charge >= 0.3 is 6.18 Å². The van der Waals surface area contributed by atoms with E-state index in [4.69, 9.17) is 5.26 Å². The highest BCUT2D eigenvalue weighted by Gasteiger charge is 2.29. The summed E-state index contributed by atoms with van der Waals surface area (Å²) in [4.78, 5) is 10.9. The van der Waals surface area contributed by atoms with Crippen LogP contribution in [0, 0.1) is 11.3 Å². The first-order valence-corrected chi connectivity index (χ1v) is 4.29. The molecule has 7 heteroatoms. The van der Waals surface area contributed by atoms with Crippen molar-refractivity contribution in [3.05, 3.63) is 0 Å². The lowest BCUT2D eigenvalue weighted by atomic mass is 10.2. The van der Waals surface area contributed by atoms with Crippen molar-refractivity contribution in [2.75, 3.05) is 13.1 Å². The highest BCUT2D eigenvalue weighted by Crippen LogP contribution is 2.20. The average molecular weight is 223 g/mol. The van der Waals surface area contributed by atoms with Gasteiger partial charge < -0.3 is 10.6 Å². The Kier molecular flexibility index (Phi) is 5.70. The van der Waals surface area contributed by atoms with Crippen molar-refractivity contribution in [1.29, 1.82) is 5.26 Å². The molecule has 15 heavy (non-hydrogen) atoms. The van der Waals surface area contributed by atoms with Crippen LogP contribution in [0.2, 0.25) is 0 Å². The monoisotopic (exact) mass is 223 g/mol. The number of hydrogen-bond donors (Lipinski definition) is 2. The van der Waals surface area contributed by atoms with Crippen molar-refractivity contribution in [3.63, 3.8) is 0 Å². The van der Waals surface area contributed by atoms with Gasteiger partial charge in [-0.1, -0.05) is 0 Å². The van der Waals surface area contributed by atoms with Gasteiger partial charge in [-0.05, 0) is 6.92 Å². The minimum absolute atomic E-state index is 0.145. The van der Waals surface area contributed by atoms with Gasteiger partial charge in [0, 0.05) is 6.04 Å². The fraction of sp³-hybridized carbons (Fsp3) is 0.750. The third-order valence-electron chi connectivity index (χ3n) is 1.51. The molecule has 0 radical (unpaired) electrons. The SMILES string of the molecule is CC(CC(F)(F)F)NCC(=O)NCC#N. The van der Waals surface area contributed by atoms with Gasteiger partial charge in [0.25, 0.3) is 0 Å². The Morgan fingerprint density at radius 3 is 2.60 bits per heavy atom. The minimum atomic E-state index is -4.24. The Morgan fingerprint density at radius 1 is 1.53 bits per heavy atom. The molecule has 0 spiro atoms. The summed E-state index contributed by atoms with van der Waals surface area (Å²) in [5.74, 6) is -0.495. The predicted molar refractivity (Wildman–Crippen MR) is 46.8 cm³/mol. The molecule has 0 aromatic carbocycles. The zero-order valence-corrected chi connectivity index (χ0v) is 8.19. The van der Waals surface area contributed by atoms with Crippen molar-refractivity contribution in [2.45, 2.75) is 25.6 Å². The third kappa shape index (κ3) is 9.02. The number of halogens is 3. The van der Waals surface area contributed by atoms with Crippen LogP contribution in [0.1, 0.15) is 13.3 Å². The largest absolute Gasteiger partial charge is 0.390 e. The second-order valence-corrected chi connectivity index (χ2v) is 3.04. The minimum Gasteiger partial charge on any atom is -0.342 e. The van der Waals surface area contributed by atoms with Crippen molar-refractivity contribution in [1.82, 2.24) is 10.6 Å². The molecule has 0 rings (SSSR count). The molecule has 0 aromatic heterocycles. The lowest BCUT2D eigenvalue weighted by molar-refractivity contribution is -0.139. The van der Waals surface area contributed by atoms with E-state index >= 15 is 0 Å². The number of nitriles is 1. The van der Waals surface area contributed by atoms with E-state index in [9.17, 15) is 18.0 Å². The van der Waals surface area contributed by atoms with Gasteiger partial charge in [-0.2, -0.15) is 18.4 Å². The van der Waals surface area contributed by atoms with E-state index in [0.717, 1.165) is 0 Å². The highest BCUT2D eigenvalue weighted by atomic mass is 19.4. The van der Waals surface area contributed by atoms with Gasteiger partial charge in [0.15, 0.2) is 0 Å². The summed E-state index contributed by atoms with van der Waals surface area (Å²) < 4.78 is 35.5. The molecule has 86 valence electrons. The fourth-order valence-corrected chi connectivity index (χ4v) is 0.887. The van der Waals surface area contributed by atoms with Crippen LogP contribution in [0.25, 0.3) is 0 Å². The number of nitrogens with one attached hydrogen (secondary N) is 2. The van der Waals surface area contributed by atoms with E-state index in [1.807, 2.05) is 0 Å². The van der Waals surface area contributed by atoms with E-state index in [0.29, 0.717) is 0 Å². The number of carbonyl (C=O) groups is 1. The Labute approximate surface area is 85.4 Å². The van der Waals surface area contributed by atoms with Gasteiger partial charge in [0.2, 0.25) is 5.91 Å². The first-order valence-electron chi connectivity index (χ1n) is 4.29. The summed E-state index contributed by atoms with van der Waals surface area (Å²) in [6.45, 7) is 0.970. The van der Waals surface area contributed by atoms with Crippen molar-refractivity contribution < 1.29 is 18.0 Å². The van der Waals surface area contributed by atoms with E-state index in [1.165, 1.54) is 6.92 Å². The molecule has 0 aliphatic carbocycles. The van der Waals surface area contributed by atoms with Crippen LogP contribution in [0.5, 0.6) is 0 Å². The summed E-state index contributed by atoms with van der Waals surface area (Å²) in [7, 11) is 0. The summed E-state index contributed by atoms with van der Waals surface area (Å²) in [5, 5.41) is 12.7. The Balaban J connectivity index is 3.67. The van der Waals surface area contributed by atoms with Gasteiger partial charge in [-0.15, -0.1) is 0 Å². The van der Waals surface area contributed by atoms with E-state index in [-0.39, 0.29) is 13.1 Å². The molecule has 0 heterocycles. The third-order valence-corrected chi connectivity index (χ3v) is 1.51. The topological polar surface area (TPSA) is 64.9 Å². The first kappa shape index (κ1) is 13.7. The molecular formula is C8H12F3N3O. The molecule has 1 amide bonds. The van der Waals surface area contributed by atoms with Crippen LogP contribution in [-0.4, -0.2) is 31.2 Å². The molecule has 0 aromatic rings. The zero-order valence-electron chi connectivity index (χ0n) is 8.19. The van der Waals surface area contributed by atoms with Gasteiger partial charge in [-0.3, -0.25) is 4.79 Å². The number of rotatable bonds is 5. The summed E-state index contributed by atoms with van der Waals surface area (Å²) >= 11 is 0. The molecule has 2 N–H and O–H groups in total. The normalized spacial score (nSPS) is 13.0. The molecule has 0 saturated carbocycles. The number of carbonyl (C=O) groups excluding carboxylic acids is 1. The lowest BCUT2D eigenvalue weighted by Gasteiger charge is -2.15. The molecule has 1 unspecified atom stereocenters. The lowest BCUT2D eigenvalue weighted by Crippen LogP contribution is -2.39. The zero-order chi connectivity index (χ0) is 11.9. The van der Waals surface area contributed by atoms with Crippen LogP contribution in [-0.2, 0) is 4.79 Å². The molecule has 4 nitrogen and oxygen atoms in total. The van der Waals surface area contributed by atoms with Crippen LogP contribution < -0.4 is 10.6 Å². The van der Waals surface area contributed by atoms with Crippen molar-refractivity contribution in [2.24, 2.45) is 0 Å². The van der Waals surface area contributed by atoms with Gasteiger partial charge in [-0.25, -0.2) is 0 Å². The summed E-state index contributed by atoms with van der Waals surface area (Å²) in [6, 6.07) is 0.863. The second kappa shape index (κ2) is 6.24. The smallest absolute Gasteiger partial charge is 0.342 e. The van der Waals surface area contributed by atoms with Crippen LogP contribution in [0.4, 0.5) is 13.2 Å². The van der Waals surface area contributed by atoms with Gasteiger partial charge in [0.1, 0.15) is 6.54 Å². The number of nitrogens with zero attached hydrogens (tertiary/aromatic N) is 1. The maximum atomic E-state index is 11.8. The Hall–Kier alpha value is -1.29. The predicted octanol–water partition coefficient (Wildman–Crippen LogP) is 0.557. The first-order chi connectivity index (χ1) is 6.85. The van der Waals surface area contributed by atoms with Crippen LogP contribution in [0.3, 0.4) is 0 Å². The quantitative estimate of drug-likeness (QED) is 0.669. The molecule has 0 bridgehead atoms. The summed E-state index contributed by atoms with van der Waals surface area (Å²) in [6.07, 6.45) is -5.23. The van der Waals surface area contributed by atoms with E-state index < -0.39 is 24.5 Å². The van der Waals surface area contributed by atoms with Crippen molar-refractivity contribution >= 4 is 5.91 Å². The number of amides is 1.